The number of furan rings is 1. The second-order valence-electron chi connectivity index (χ2n) is 8.47. The summed E-state index contributed by atoms with van der Waals surface area (Å²) in [4.78, 5) is 16.9. The summed E-state index contributed by atoms with van der Waals surface area (Å²) in [6.45, 7) is 5.88. The fraction of sp³-hybridized carbons (Fsp3) is 0.370. The van der Waals surface area contributed by atoms with Gasteiger partial charge in [-0.05, 0) is 35.4 Å². The van der Waals surface area contributed by atoms with Crippen molar-refractivity contribution in [2.45, 2.75) is 12.5 Å². The minimum absolute atomic E-state index is 0.0881. The summed E-state index contributed by atoms with van der Waals surface area (Å²) in [5.41, 5.74) is 2.55. The molecule has 1 atom stereocenters. The maximum Gasteiger partial charge on any atom is 0.246 e. The quantitative estimate of drug-likeness (QED) is 0.419. The predicted octanol–water partition coefficient (Wildman–Crippen LogP) is 4.02. The monoisotopic (exact) mass is 481 g/mol. The van der Waals surface area contributed by atoms with Gasteiger partial charge in [0.1, 0.15) is 12.4 Å². The van der Waals surface area contributed by atoms with Gasteiger partial charge < -0.3 is 14.5 Å². The third kappa shape index (κ3) is 7.18. The van der Waals surface area contributed by atoms with Gasteiger partial charge in [0.2, 0.25) is 5.91 Å². The fourth-order valence-electron chi connectivity index (χ4n) is 4.33. The van der Waals surface area contributed by atoms with E-state index in [1.54, 1.807) is 6.26 Å². The van der Waals surface area contributed by atoms with E-state index in [4.69, 9.17) is 20.8 Å². The molecular weight excluding hydrogens is 450 g/mol. The van der Waals surface area contributed by atoms with E-state index < -0.39 is 0 Å². The molecule has 1 unspecified atom stereocenters. The number of halogens is 1. The highest BCUT2D eigenvalue weighted by Crippen LogP contribution is 2.30. The van der Waals surface area contributed by atoms with E-state index in [0.29, 0.717) is 19.6 Å². The fourth-order valence-corrected chi connectivity index (χ4v) is 4.46. The molecule has 3 aromatic rings. The van der Waals surface area contributed by atoms with Crippen molar-refractivity contribution in [3.8, 4) is 0 Å². The second-order valence-corrected chi connectivity index (χ2v) is 8.91. The van der Waals surface area contributed by atoms with Crippen molar-refractivity contribution < 1.29 is 13.9 Å². The Morgan fingerprint density at radius 1 is 0.971 bits per heavy atom. The molecule has 4 rings (SSSR count). The van der Waals surface area contributed by atoms with Crippen LogP contribution in [-0.2, 0) is 16.0 Å². The average Bonchev–Trinajstić information content (AvgIpc) is 3.38. The molecule has 1 amide bonds. The third-order valence-corrected chi connectivity index (χ3v) is 6.38. The van der Waals surface area contributed by atoms with Gasteiger partial charge in [0.25, 0.3) is 0 Å². The standard InChI is InChI=1S/C27H32ClN3O3/c28-24-10-8-23(9-11-24)27(22-5-2-1-3-6-22)31-16-14-30(15-17-31)18-20-33-21-26(32)29-13-12-25-7-4-19-34-25/h1-11,19,27H,12-18,20-21H2,(H,29,32). The van der Waals surface area contributed by atoms with Gasteiger partial charge >= 0.3 is 0 Å². The lowest BCUT2D eigenvalue weighted by atomic mass is 9.96. The molecular formula is C27H32ClN3O3. The largest absolute Gasteiger partial charge is 0.469 e. The van der Waals surface area contributed by atoms with E-state index in [9.17, 15) is 4.79 Å². The molecule has 0 radical (unpaired) electrons. The number of nitrogens with one attached hydrogen (secondary N) is 1. The van der Waals surface area contributed by atoms with Gasteiger partial charge in [-0.25, -0.2) is 0 Å². The molecule has 0 saturated carbocycles. The number of nitrogens with zero attached hydrogens (tertiary/aromatic N) is 2. The highest BCUT2D eigenvalue weighted by Gasteiger charge is 2.26. The number of hydrogen-bond acceptors (Lipinski definition) is 5. The Balaban J connectivity index is 1.19. The zero-order chi connectivity index (χ0) is 23.6. The maximum atomic E-state index is 11.9. The average molecular weight is 482 g/mol. The first-order valence-electron chi connectivity index (χ1n) is 11.8. The molecule has 1 fully saturated rings. The number of carbonyl (C=O) groups is 1. The van der Waals surface area contributed by atoms with Crippen molar-refractivity contribution in [3.63, 3.8) is 0 Å². The summed E-state index contributed by atoms with van der Waals surface area (Å²) < 4.78 is 10.9. The Morgan fingerprint density at radius 3 is 2.41 bits per heavy atom. The second kappa shape index (κ2) is 12.7. The number of rotatable bonds is 11. The Hall–Kier alpha value is -2.64. The first kappa shape index (κ1) is 24.5. The molecule has 1 aromatic heterocycles. The van der Waals surface area contributed by atoms with Crippen LogP contribution in [0.2, 0.25) is 5.02 Å². The van der Waals surface area contributed by atoms with Gasteiger partial charge in [-0.15, -0.1) is 0 Å². The van der Waals surface area contributed by atoms with Crippen molar-refractivity contribution in [2.24, 2.45) is 0 Å². The van der Waals surface area contributed by atoms with Crippen LogP contribution in [0.25, 0.3) is 0 Å². The van der Waals surface area contributed by atoms with E-state index in [-0.39, 0.29) is 18.6 Å². The number of amides is 1. The lowest BCUT2D eigenvalue weighted by molar-refractivity contribution is -0.125. The van der Waals surface area contributed by atoms with Crippen LogP contribution in [0.15, 0.2) is 77.4 Å². The number of carbonyl (C=O) groups excluding carboxylic acids is 1. The van der Waals surface area contributed by atoms with Crippen molar-refractivity contribution >= 4 is 17.5 Å². The van der Waals surface area contributed by atoms with Gasteiger partial charge in [-0.3, -0.25) is 14.6 Å². The van der Waals surface area contributed by atoms with Gasteiger partial charge in [0, 0.05) is 50.7 Å². The molecule has 0 bridgehead atoms. The summed E-state index contributed by atoms with van der Waals surface area (Å²) >= 11 is 6.13. The van der Waals surface area contributed by atoms with Crippen LogP contribution in [0, 0.1) is 0 Å². The predicted molar refractivity (Wildman–Crippen MR) is 134 cm³/mol. The Morgan fingerprint density at radius 2 is 1.71 bits per heavy atom. The van der Waals surface area contributed by atoms with Crippen LogP contribution in [0.4, 0.5) is 0 Å². The number of hydrogen-bond donors (Lipinski definition) is 1. The molecule has 1 saturated heterocycles. The van der Waals surface area contributed by atoms with Gasteiger partial charge in [0.15, 0.2) is 0 Å². The molecule has 7 heteroatoms. The summed E-state index contributed by atoms with van der Waals surface area (Å²) in [5, 5.41) is 3.62. The zero-order valence-electron chi connectivity index (χ0n) is 19.4. The smallest absolute Gasteiger partial charge is 0.246 e. The minimum atomic E-state index is -0.0926. The van der Waals surface area contributed by atoms with E-state index in [2.05, 4.69) is 57.6 Å². The van der Waals surface area contributed by atoms with Crippen molar-refractivity contribution in [3.05, 3.63) is 94.9 Å². The summed E-state index contributed by atoms with van der Waals surface area (Å²) in [7, 11) is 0. The Labute approximate surface area is 206 Å². The number of ether oxygens (including phenoxy) is 1. The third-order valence-electron chi connectivity index (χ3n) is 6.13. The molecule has 1 aliphatic heterocycles. The van der Waals surface area contributed by atoms with E-state index in [0.717, 1.165) is 43.5 Å². The van der Waals surface area contributed by atoms with E-state index >= 15 is 0 Å². The molecule has 34 heavy (non-hydrogen) atoms. The number of piperazine rings is 1. The van der Waals surface area contributed by atoms with Gasteiger partial charge in [-0.1, -0.05) is 54.1 Å². The first-order chi connectivity index (χ1) is 16.7. The van der Waals surface area contributed by atoms with Crippen molar-refractivity contribution in [1.82, 2.24) is 15.1 Å². The van der Waals surface area contributed by atoms with Crippen LogP contribution in [0.3, 0.4) is 0 Å². The van der Waals surface area contributed by atoms with E-state index in [1.807, 2.05) is 24.3 Å². The zero-order valence-corrected chi connectivity index (χ0v) is 20.1. The van der Waals surface area contributed by atoms with Crippen LogP contribution in [-0.4, -0.2) is 68.2 Å². The Bertz CT molecular complexity index is 988. The molecule has 1 N–H and O–H groups in total. The van der Waals surface area contributed by atoms with E-state index in [1.165, 1.54) is 11.1 Å². The lowest BCUT2D eigenvalue weighted by Gasteiger charge is -2.39. The maximum absolute atomic E-state index is 11.9. The molecule has 6 nitrogen and oxygen atoms in total. The highest BCUT2D eigenvalue weighted by atomic mass is 35.5. The van der Waals surface area contributed by atoms with Crippen LogP contribution < -0.4 is 5.32 Å². The van der Waals surface area contributed by atoms with Crippen molar-refractivity contribution in [1.29, 1.82) is 0 Å². The van der Waals surface area contributed by atoms with Crippen LogP contribution >= 0.6 is 11.6 Å². The molecule has 180 valence electrons. The van der Waals surface area contributed by atoms with Crippen molar-refractivity contribution in [2.75, 3.05) is 52.5 Å². The molecule has 0 spiro atoms. The SMILES string of the molecule is O=C(COCCN1CCN(C(c2ccccc2)c2ccc(Cl)cc2)CC1)NCCc1ccco1. The normalized spacial score (nSPS) is 15.8. The van der Waals surface area contributed by atoms with Gasteiger partial charge in [0.05, 0.1) is 18.9 Å². The first-order valence-corrected chi connectivity index (χ1v) is 12.2. The van der Waals surface area contributed by atoms with Crippen LogP contribution in [0.5, 0.6) is 0 Å². The summed E-state index contributed by atoms with van der Waals surface area (Å²) in [6, 6.07) is 22.8. The summed E-state index contributed by atoms with van der Waals surface area (Å²) in [6.07, 6.45) is 2.32. The summed E-state index contributed by atoms with van der Waals surface area (Å²) in [5.74, 6) is 0.774. The highest BCUT2D eigenvalue weighted by molar-refractivity contribution is 6.30. The lowest BCUT2D eigenvalue weighted by Crippen LogP contribution is -2.48. The molecule has 0 aliphatic carbocycles. The topological polar surface area (TPSA) is 58.0 Å². The Kier molecular flexibility index (Phi) is 9.16. The van der Waals surface area contributed by atoms with Crippen LogP contribution in [0.1, 0.15) is 22.9 Å². The molecule has 1 aliphatic rings. The van der Waals surface area contributed by atoms with Gasteiger partial charge in [-0.2, -0.15) is 0 Å². The minimum Gasteiger partial charge on any atom is -0.469 e. The number of benzene rings is 2. The molecule has 2 aromatic carbocycles. The molecule has 2 heterocycles.